The third-order valence-electron chi connectivity index (χ3n) is 5.12. The van der Waals surface area contributed by atoms with Crippen molar-refractivity contribution in [1.82, 2.24) is 20.4 Å². The van der Waals surface area contributed by atoms with E-state index in [1.165, 1.54) is 0 Å². The average molecular weight is 405 g/mol. The molecule has 154 valence electrons. The number of amides is 3. The minimum Gasteiger partial charge on any atom is -0.369 e. The molecule has 3 amide bonds. The van der Waals surface area contributed by atoms with Gasteiger partial charge in [-0.2, -0.15) is 4.98 Å². The summed E-state index contributed by atoms with van der Waals surface area (Å²) in [7, 11) is 0. The van der Waals surface area contributed by atoms with Gasteiger partial charge >= 0.3 is 6.03 Å². The van der Waals surface area contributed by atoms with E-state index in [9.17, 15) is 9.59 Å². The summed E-state index contributed by atoms with van der Waals surface area (Å²) in [5, 5.41) is 6.82. The number of nitrogens with one attached hydrogen (secondary N) is 1. The van der Waals surface area contributed by atoms with Crippen LogP contribution in [0.2, 0.25) is 0 Å². The van der Waals surface area contributed by atoms with Crippen LogP contribution in [0, 0.1) is 0 Å². The van der Waals surface area contributed by atoms with Gasteiger partial charge < -0.3 is 20.5 Å². The van der Waals surface area contributed by atoms with Crippen LogP contribution >= 0.6 is 0 Å². The van der Waals surface area contributed by atoms with Gasteiger partial charge in [-0.15, -0.1) is 0 Å². The second kappa shape index (κ2) is 8.77. The first-order chi connectivity index (χ1) is 14.6. The summed E-state index contributed by atoms with van der Waals surface area (Å²) in [6, 6.07) is 15.5. The molecule has 2 aromatic carbocycles. The lowest BCUT2D eigenvalue weighted by atomic mass is 9.93. The minimum absolute atomic E-state index is 0.172. The van der Waals surface area contributed by atoms with E-state index in [0.29, 0.717) is 37.6 Å². The van der Waals surface area contributed by atoms with E-state index in [4.69, 9.17) is 10.3 Å². The molecule has 0 saturated heterocycles. The number of nitrogens with zero attached hydrogens (tertiary/aromatic N) is 3. The van der Waals surface area contributed by atoms with Crippen LogP contribution < -0.4 is 11.1 Å². The molecule has 0 bridgehead atoms. The van der Waals surface area contributed by atoms with Crippen molar-refractivity contribution in [2.45, 2.75) is 32.4 Å². The van der Waals surface area contributed by atoms with Crippen molar-refractivity contribution in [3.05, 3.63) is 82.5 Å². The van der Waals surface area contributed by atoms with Gasteiger partial charge in [0.15, 0.2) is 5.82 Å². The highest BCUT2D eigenvalue weighted by molar-refractivity contribution is 5.77. The highest BCUT2D eigenvalue weighted by atomic mass is 16.5. The lowest BCUT2D eigenvalue weighted by Crippen LogP contribution is -2.42. The number of hydrogen-bond acceptors (Lipinski definition) is 5. The van der Waals surface area contributed by atoms with E-state index < -0.39 is 0 Å². The molecule has 0 saturated carbocycles. The Morgan fingerprint density at radius 3 is 2.77 bits per heavy atom. The largest absolute Gasteiger partial charge is 0.369 e. The summed E-state index contributed by atoms with van der Waals surface area (Å²) in [5.74, 6) is 0.601. The topological polar surface area (TPSA) is 114 Å². The molecule has 1 aliphatic rings. The number of primary amides is 1. The Bertz CT molecular complexity index is 1050. The van der Waals surface area contributed by atoms with E-state index in [-0.39, 0.29) is 24.9 Å². The third-order valence-corrected chi connectivity index (χ3v) is 5.12. The Morgan fingerprint density at radius 1 is 1.13 bits per heavy atom. The fourth-order valence-electron chi connectivity index (χ4n) is 3.69. The quantitative estimate of drug-likeness (QED) is 0.651. The maximum atomic E-state index is 12.6. The molecule has 8 nitrogen and oxygen atoms in total. The Hall–Kier alpha value is -3.68. The lowest BCUT2D eigenvalue weighted by molar-refractivity contribution is -0.117. The molecule has 8 heteroatoms. The molecule has 0 fully saturated rings. The molecule has 3 N–H and O–H groups in total. The summed E-state index contributed by atoms with van der Waals surface area (Å²) >= 11 is 0. The molecule has 0 atom stereocenters. The zero-order valence-corrected chi connectivity index (χ0v) is 16.5. The van der Waals surface area contributed by atoms with Crippen molar-refractivity contribution in [1.29, 1.82) is 0 Å². The van der Waals surface area contributed by atoms with E-state index >= 15 is 0 Å². The number of benzene rings is 2. The van der Waals surface area contributed by atoms with E-state index in [1.54, 1.807) is 4.90 Å². The SMILES string of the molecule is NC(=O)Cc1cccc2c1CCN(C(=O)NCc1nc(Cc3ccccc3)no1)C2. The van der Waals surface area contributed by atoms with Crippen LogP contribution in [0.1, 0.15) is 34.0 Å². The Morgan fingerprint density at radius 2 is 1.97 bits per heavy atom. The zero-order valence-electron chi connectivity index (χ0n) is 16.5. The van der Waals surface area contributed by atoms with Crippen molar-refractivity contribution < 1.29 is 14.1 Å². The van der Waals surface area contributed by atoms with Gasteiger partial charge in [0.05, 0.1) is 13.0 Å². The van der Waals surface area contributed by atoms with E-state index in [1.807, 2.05) is 48.5 Å². The molecular weight excluding hydrogens is 382 g/mol. The smallest absolute Gasteiger partial charge is 0.318 e. The second-order valence-corrected chi connectivity index (χ2v) is 7.29. The standard InChI is InChI=1S/C22H23N5O3/c23-19(28)12-16-7-4-8-17-14-27(10-9-18(16)17)22(29)24-13-21-25-20(26-30-21)11-15-5-2-1-3-6-15/h1-8H,9-14H2,(H2,23,28)(H,24,29). The molecule has 3 aromatic rings. The predicted octanol–water partition coefficient (Wildman–Crippen LogP) is 1.96. The molecule has 1 aliphatic heterocycles. The first kappa shape index (κ1) is 19.6. The number of urea groups is 1. The highest BCUT2D eigenvalue weighted by Crippen LogP contribution is 2.23. The van der Waals surface area contributed by atoms with Crippen LogP contribution in [0.3, 0.4) is 0 Å². The normalized spacial score (nSPS) is 13.0. The van der Waals surface area contributed by atoms with Crippen molar-refractivity contribution in [2.75, 3.05) is 6.54 Å². The number of aromatic nitrogens is 2. The maximum absolute atomic E-state index is 12.6. The molecule has 0 spiro atoms. The molecule has 30 heavy (non-hydrogen) atoms. The number of carbonyl (C=O) groups is 2. The molecule has 1 aromatic heterocycles. The third kappa shape index (κ3) is 4.65. The molecule has 0 unspecified atom stereocenters. The van der Waals surface area contributed by atoms with Crippen molar-refractivity contribution >= 4 is 11.9 Å². The monoisotopic (exact) mass is 405 g/mol. The Labute approximate surface area is 174 Å². The van der Waals surface area contributed by atoms with E-state index in [2.05, 4.69) is 15.5 Å². The molecule has 0 aliphatic carbocycles. The van der Waals surface area contributed by atoms with Crippen LogP contribution in [0.5, 0.6) is 0 Å². The minimum atomic E-state index is -0.352. The number of hydrogen-bond donors (Lipinski definition) is 2. The maximum Gasteiger partial charge on any atom is 0.318 e. The highest BCUT2D eigenvalue weighted by Gasteiger charge is 2.23. The number of rotatable bonds is 6. The Balaban J connectivity index is 1.33. The molecule has 4 rings (SSSR count). The Kier molecular flexibility index (Phi) is 5.74. The summed E-state index contributed by atoms with van der Waals surface area (Å²) < 4.78 is 5.25. The summed E-state index contributed by atoms with van der Waals surface area (Å²) in [5.41, 5.74) is 9.53. The van der Waals surface area contributed by atoms with Crippen LogP contribution in [-0.4, -0.2) is 33.5 Å². The second-order valence-electron chi connectivity index (χ2n) is 7.29. The average Bonchev–Trinajstić information content (AvgIpc) is 3.19. The number of nitrogens with two attached hydrogens (primary N) is 1. The van der Waals surface area contributed by atoms with Crippen LogP contribution in [0.4, 0.5) is 4.79 Å². The summed E-state index contributed by atoms with van der Waals surface area (Å²) in [6.07, 6.45) is 1.49. The number of fused-ring (bicyclic) bond motifs is 1. The first-order valence-electron chi connectivity index (χ1n) is 9.84. The molecule has 0 radical (unpaired) electrons. The van der Waals surface area contributed by atoms with E-state index in [0.717, 1.165) is 22.3 Å². The van der Waals surface area contributed by atoms with Gasteiger partial charge in [0.2, 0.25) is 11.8 Å². The fraction of sp³-hybridized carbons (Fsp3) is 0.273. The molecular formula is C22H23N5O3. The van der Waals surface area contributed by atoms with Crippen molar-refractivity contribution in [2.24, 2.45) is 5.73 Å². The van der Waals surface area contributed by atoms with Crippen LogP contribution in [0.25, 0.3) is 0 Å². The van der Waals surface area contributed by atoms with Crippen LogP contribution in [0.15, 0.2) is 53.1 Å². The fourth-order valence-corrected chi connectivity index (χ4v) is 3.69. The zero-order chi connectivity index (χ0) is 20.9. The van der Waals surface area contributed by atoms with Gasteiger partial charge in [-0.05, 0) is 28.7 Å². The van der Waals surface area contributed by atoms with Crippen molar-refractivity contribution in [3.63, 3.8) is 0 Å². The lowest BCUT2D eigenvalue weighted by Gasteiger charge is -2.30. The van der Waals surface area contributed by atoms with Gasteiger partial charge in [0.1, 0.15) is 0 Å². The van der Waals surface area contributed by atoms with Gasteiger partial charge in [-0.3, -0.25) is 4.79 Å². The molecule has 2 heterocycles. The van der Waals surface area contributed by atoms with Crippen LogP contribution in [-0.2, 0) is 37.1 Å². The number of carbonyl (C=O) groups excluding carboxylic acids is 2. The van der Waals surface area contributed by atoms with Gasteiger partial charge in [0.25, 0.3) is 0 Å². The van der Waals surface area contributed by atoms with Gasteiger partial charge in [-0.25, -0.2) is 4.79 Å². The van der Waals surface area contributed by atoms with Crippen molar-refractivity contribution in [3.8, 4) is 0 Å². The summed E-state index contributed by atoms with van der Waals surface area (Å²) in [6.45, 7) is 1.22. The van der Waals surface area contributed by atoms with Gasteiger partial charge in [-0.1, -0.05) is 53.7 Å². The predicted molar refractivity (Wildman–Crippen MR) is 109 cm³/mol. The summed E-state index contributed by atoms with van der Waals surface area (Å²) in [4.78, 5) is 29.9. The first-order valence-corrected chi connectivity index (χ1v) is 9.84. The van der Waals surface area contributed by atoms with Gasteiger partial charge in [0, 0.05) is 19.5 Å².